The van der Waals surface area contributed by atoms with E-state index in [9.17, 15) is 4.79 Å². The smallest absolute Gasteiger partial charge is 0.143 e. The van der Waals surface area contributed by atoms with Crippen molar-refractivity contribution in [3.05, 3.63) is 38.0 Å². The number of Topliss-reactive ketones (excluding diaryl/α,β-unsaturated/α-hetero) is 1. The number of carbonyl (C=O) groups excluding carboxylic acids is 1. The molecule has 7 atom stereocenters. The minimum absolute atomic E-state index is 0.156. The lowest BCUT2D eigenvalue weighted by molar-refractivity contribution is -0.138. The number of hydrogen-bond donors (Lipinski definition) is 0. The van der Waals surface area contributed by atoms with Crippen LogP contribution in [0.3, 0.4) is 0 Å². The molecular formula is C22H32O. The van der Waals surface area contributed by atoms with Crippen LogP contribution in [0.4, 0.5) is 0 Å². The van der Waals surface area contributed by atoms with E-state index in [2.05, 4.69) is 52.7 Å². The molecule has 1 spiro atoms. The SMILES string of the molecule is C=CC[C@@H]1C(=O)[C@]2(C[C@@H](C=C)C[C@H]2C=C)[C@H](C)C[C@@H]2[C@H]1C2(C)C. The number of fused-ring (bicyclic) bond motifs is 1. The lowest BCUT2D eigenvalue weighted by atomic mass is 9.61. The van der Waals surface area contributed by atoms with Crippen molar-refractivity contribution in [2.45, 2.75) is 46.5 Å². The Hall–Kier alpha value is -1.11. The molecule has 3 rings (SSSR count). The van der Waals surface area contributed by atoms with E-state index in [1.54, 1.807) is 0 Å². The minimum atomic E-state index is -0.211. The Morgan fingerprint density at radius 1 is 1.17 bits per heavy atom. The zero-order chi connectivity index (χ0) is 17.0. The van der Waals surface area contributed by atoms with Crippen LogP contribution in [0, 0.1) is 46.3 Å². The van der Waals surface area contributed by atoms with Crippen LogP contribution < -0.4 is 0 Å². The molecule has 0 aliphatic heterocycles. The number of allylic oxidation sites excluding steroid dienone is 3. The van der Waals surface area contributed by atoms with Gasteiger partial charge < -0.3 is 0 Å². The van der Waals surface area contributed by atoms with Crippen LogP contribution in [0.2, 0.25) is 0 Å². The van der Waals surface area contributed by atoms with Gasteiger partial charge in [-0.1, -0.05) is 39.0 Å². The first-order valence-corrected chi connectivity index (χ1v) is 9.24. The second kappa shape index (κ2) is 5.46. The molecule has 0 aromatic rings. The highest BCUT2D eigenvalue weighted by Gasteiger charge is 2.68. The summed E-state index contributed by atoms with van der Waals surface area (Å²) >= 11 is 0. The highest BCUT2D eigenvalue weighted by atomic mass is 16.1. The summed E-state index contributed by atoms with van der Waals surface area (Å²) in [7, 11) is 0. The van der Waals surface area contributed by atoms with Crippen molar-refractivity contribution in [3.8, 4) is 0 Å². The Bertz CT molecular complexity index is 542. The third-order valence-corrected chi connectivity index (χ3v) is 7.71. The molecule has 0 saturated heterocycles. The van der Waals surface area contributed by atoms with Gasteiger partial charge in [0.15, 0.2) is 0 Å². The summed E-state index contributed by atoms with van der Waals surface area (Å²) in [4.78, 5) is 13.8. The van der Waals surface area contributed by atoms with Gasteiger partial charge in [0, 0.05) is 11.3 Å². The Balaban J connectivity index is 2.04. The van der Waals surface area contributed by atoms with Gasteiger partial charge >= 0.3 is 0 Å². The molecule has 0 aromatic carbocycles. The van der Waals surface area contributed by atoms with E-state index in [1.165, 1.54) is 6.42 Å². The molecule has 23 heavy (non-hydrogen) atoms. The van der Waals surface area contributed by atoms with Gasteiger partial charge in [0.05, 0.1) is 0 Å². The van der Waals surface area contributed by atoms with Gasteiger partial charge in [-0.3, -0.25) is 4.79 Å². The van der Waals surface area contributed by atoms with Crippen molar-refractivity contribution in [1.82, 2.24) is 0 Å². The Labute approximate surface area is 141 Å². The summed E-state index contributed by atoms with van der Waals surface area (Å²) in [5, 5.41) is 0. The first kappa shape index (κ1) is 16.7. The first-order valence-electron chi connectivity index (χ1n) is 9.24. The number of ketones is 1. The maximum absolute atomic E-state index is 13.8. The molecule has 0 radical (unpaired) electrons. The fourth-order valence-corrected chi connectivity index (χ4v) is 6.35. The van der Waals surface area contributed by atoms with Crippen molar-refractivity contribution in [3.63, 3.8) is 0 Å². The molecule has 3 aliphatic rings. The largest absolute Gasteiger partial charge is 0.299 e. The zero-order valence-electron chi connectivity index (χ0n) is 15.1. The van der Waals surface area contributed by atoms with E-state index in [0.717, 1.165) is 19.3 Å². The van der Waals surface area contributed by atoms with Gasteiger partial charge in [0.2, 0.25) is 0 Å². The predicted molar refractivity (Wildman–Crippen MR) is 96.9 cm³/mol. The molecule has 0 bridgehead atoms. The van der Waals surface area contributed by atoms with E-state index in [0.29, 0.717) is 40.8 Å². The average Bonchev–Trinajstić information content (AvgIpc) is 2.91. The van der Waals surface area contributed by atoms with Crippen molar-refractivity contribution in [2.75, 3.05) is 0 Å². The Kier molecular flexibility index (Phi) is 3.98. The molecule has 3 saturated carbocycles. The highest BCUT2D eigenvalue weighted by molar-refractivity contribution is 5.89. The molecule has 0 unspecified atom stereocenters. The summed E-state index contributed by atoms with van der Waals surface area (Å²) in [5.74, 6) is 3.10. The minimum Gasteiger partial charge on any atom is -0.299 e. The molecule has 0 N–H and O–H groups in total. The molecular weight excluding hydrogens is 280 g/mol. The Morgan fingerprint density at radius 3 is 2.43 bits per heavy atom. The van der Waals surface area contributed by atoms with Crippen LogP contribution in [0.1, 0.15) is 46.5 Å². The number of hydrogen-bond acceptors (Lipinski definition) is 1. The lowest BCUT2D eigenvalue weighted by Crippen LogP contribution is -2.44. The highest BCUT2D eigenvalue weighted by Crippen LogP contribution is 2.71. The molecule has 0 amide bonds. The molecule has 1 nitrogen and oxygen atoms in total. The summed E-state index contributed by atoms with van der Waals surface area (Å²) in [6.07, 6.45) is 10.1. The van der Waals surface area contributed by atoms with Crippen LogP contribution in [-0.2, 0) is 4.79 Å². The van der Waals surface area contributed by atoms with Crippen LogP contribution in [0.5, 0.6) is 0 Å². The molecule has 1 heteroatoms. The molecule has 3 aliphatic carbocycles. The maximum atomic E-state index is 13.8. The normalized spacial score (nSPS) is 47.7. The van der Waals surface area contributed by atoms with E-state index in [4.69, 9.17) is 0 Å². The van der Waals surface area contributed by atoms with E-state index in [1.807, 2.05) is 6.08 Å². The Morgan fingerprint density at radius 2 is 1.87 bits per heavy atom. The molecule has 126 valence electrons. The van der Waals surface area contributed by atoms with Gasteiger partial charge in [-0.2, -0.15) is 0 Å². The summed E-state index contributed by atoms with van der Waals surface area (Å²) < 4.78 is 0. The maximum Gasteiger partial charge on any atom is 0.143 e. The topological polar surface area (TPSA) is 17.1 Å². The fraction of sp³-hybridized carbons (Fsp3) is 0.682. The predicted octanol–water partition coefficient (Wildman–Crippen LogP) is 5.44. The van der Waals surface area contributed by atoms with Gasteiger partial charge in [-0.25, -0.2) is 0 Å². The van der Waals surface area contributed by atoms with Crippen LogP contribution in [0.15, 0.2) is 38.0 Å². The quantitative estimate of drug-likeness (QED) is 0.631. The van der Waals surface area contributed by atoms with Crippen molar-refractivity contribution >= 4 is 5.78 Å². The van der Waals surface area contributed by atoms with Gasteiger partial charge in [-0.15, -0.1) is 19.7 Å². The fourth-order valence-electron chi connectivity index (χ4n) is 6.35. The molecule has 3 fully saturated rings. The standard InChI is InChI=1S/C22H32O/c1-7-10-17-19-18(21(19,5)6)11-14(4)22(20(17)23)13-15(8-2)12-16(22)9-3/h7-9,14-19H,1-3,10-13H2,4-6H3/t14-,15+,16-,17+,18-,19+,22-/m1/s1. The van der Waals surface area contributed by atoms with Crippen molar-refractivity contribution in [1.29, 1.82) is 0 Å². The third-order valence-electron chi connectivity index (χ3n) is 7.71. The number of carbonyl (C=O) groups is 1. The molecule has 0 aromatic heterocycles. The van der Waals surface area contributed by atoms with Crippen LogP contribution in [0.25, 0.3) is 0 Å². The first-order chi connectivity index (χ1) is 10.8. The lowest BCUT2D eigenvalue weighted by Gasteiger charge is -2.40. The summed E-state index contributed by atoms with van der Waals surface area (Å²) in [5.41, 5.74) is 0.108. The summed E-state index contributed by atoms with van der Waals surface area (Å²) in [6, 6.07) is 0. The van der Waals surface area contributed by atoms with Gasteiger partial charge in [0.1, 0.15) is 5.78 Å². The van der Waals surface area contributed by atoms with Crippen LogP contribution >= 0.6 is 0 Å². The monoisotopic (exact) mass is 312 g/mol. The van der Waals surface area contributed by atoms with Crippen molar-refractivity contribution < 1.29 is 4.79 Å². The second-order valence-electron chi connectivity index (χ2n) is 8.90. The van der Waals surface area contributed by atoms with E-state index >= 15 is 0 Å². The van der Waals surface area contributed by atoms with Gasteiger partial charge in [0.25, 0.3) is 0 Å². The number of rotatable bonds is 4. The van der Waals surface area contributed by atoms with E-state index in [-0.39, 0.29) is 11.3 Å². The third kappa shape index (κ3) is 2.15. The van der Waals surface area contributed by atoms with E-state index < -0.39 is 0 Å². The average molecular weight is 312 g/mol. The van der Waals surface area contributed by atoms with Crippen LogP contribution in [-0.4, -0.2) is 5.78 Å². The van der Waals surface area contributed by atoms with Gasteiger partial charge in [-0.05, 0) is 60.7 Å². The zero-order valence-corrected chi connectivity index (χ0v) is 15.1. The molecule has 0 heterocycles. The summed E-state index contributed by atoms with van der Waals surface area (Å²) in [6.45, 7) is 19.0. The second-order valence-corrected chi connectivity index (χ2v) is 8.90. The van der Waals surface area contributed by atoms with Crippen molar-refractivity contribution in [2.24, 2.45) is 46.3 Å².